The molecule has 0 aliphatic carbocycles. The molecule has 8 nitrogen and oxygen atoms in total. The number of methoxy groups -OCH3 is 1. The largest absolute Gasteiger partial charge is 0.497 e. The molecule has 2 aliphatic heterocycles. The maximum Gasteiger partial charge on any atom is 0.315 e. The Morgan fingerprint density at radius 3 is 2.48 bits per heavy atom. The zero-order chi connectivity index (χ0) is 28.4. The van der Waals surface area contributed by atoms with Crippen LogP contribution in [0.1, 0.15) is 49.0 Å². The summed E-state index contributed by atoms with van der Waals surface area (Å²) in [6.45, 7) is 4.24. The number of hydrogen-bond donors (Lipinski definition) is 2. The number of carbonyl (C=O) groups excluding carboxylic acids is 2. The Balaban J connectivity index is 1.72. The molecule has 0 bridgehead atoms. The third kappa shape index (κ3) is 5.74. The predicted molar refractivity (Wildman–Crippen MR) is 155 cm³/mol. The van der Waals surface area contributed by atoms with Crippen LogP contribution in [0.2, 0.25) is 10.0 Å². The average Bonchev–Trinajstić information content (AvgIpc) is 3.33. The van der Waals surface area contributed by atoms with Gasteiger partial charge in [-0.25, -0.2) is 4.79 Å². The average molecular weight is 582 g/mol. The first-order valence-corrected chi connectivity index (χ1v) is 13.8. The first-order valence-electron chi connectivity index (χ1n) is 13.1. The van der Waals surface area contributed by atoms with Crippen LogP contribution in [0.25, 0.3) is 0 Å². The lowest BCUT2D eigenvalue weighted by molar-refractivity contribution is -0.131. The van der Waals surface area contributed by atoms with E-state index in [9.17, 15) is 9.59 Å². The van der Waals surface area contributed by atoms with Gasteiger partial charge in [0.25, 0.3) is 5.91 Å². The van der Waals surface area contributed by atoms with Gasteiger partial charge in [-0.3, -0.25) is 14.7 Å². The number of urea groups is 1. The van der Waals surface area contributed by atoms with Crippen LogP contribution in [0.4, 0.5) is 4.79 Å². The summed E-state index contributed by atoms with van der Waals surface area (Å²) in [5.74, 6) is 1.30. The van der Waals surface area contributed by atoms with Gasteiger partial charge in [-0.2, -0.15) is 0 Å². The third-order valence-electron chi connectivity index (χ3n) is 6.82. The van der Waals surface area contributed by atoms with Crippen molar-refractivity contribution in [2.45, 2.75) is 44.5 Å². The van der Waals surface area contributed by atoms with Crippen molar-refractivity contribution in [3.8, 4) is 11.5 Å². The van der Waals surface area contributed by atoms with Gasteiger partial charge in [0.15, 0.2) is 0 Å². The first kappa shape index (κ1) is 27.8. The number of carbonyl (C=O) groups is 2. The number of benzene rings is 3. The van der Waals surface area contributed by atoms with Crippen LogP contribution < -0.4 is 20.1 Å². The highest BCUT2D eigenvalue weighted by molar-refractivity contribution is 6.30. The number of amidine groups is 1. The second-order valence-corrected chi connectivity index (χ2v) is 10.8. The summed E-state index contributed by atoms with van der Waals surface area (Å²) < 4.78 is 11.6. The van der Waals surface area contributed by atoms with Crippen LogP contribution in [-0.2, 0) is 4.79 Å². The minimum Gasteiger partial charge on any atom is -0.497 e. The number of ether oxygens (including phenoxy) is 2. The molecular weight excluding hydrogens is 551 g/mol. The second kappa shape index (κ2) is 11.8. The molecule has 2 heterocycles. The van der Waals surface area contributed by atoms with Gasteiger partial charge in [0, 0.05) is 22.7 Å². The fourth-order valence-corrected chi connectivity index (χ4v) is 5.37. The summed E-state index contributed by atoms with van der Waals surface area (Å²) >= 11 is 12.7. The summed E-state index contributed by atoms with van der Waals surface area (Å²) in [7, 11) is 1.59. The summed E-state index contributed by atoms with van der Waals surface area (Å²) in [4.78, 5) is 33.4. The molecule has 1 saturated heterocycles. The zero-order valence-electron chi connectivity index (χ0n) is 22.4. The first-order chi connectivity index (χ1) is 19.2. The van der Waals surface area contributed by atoms with Crippen LogP contribution >= 0.6 is 23.2 Å². The van der Waals surface area contributed by atoms with Crippen molar-refractivity contribution in [3.05, 3.63) is 93.5 Å². The van der Waals surface area contributed by atoms with Crippen LogP contribution in [0, 0.1) is 0 Å². The molecule has 40 heavy (non-hydrogen) atoms. The smallest absolute Gasteiger partial charge is 0.315 e. The highest BCUT2D eigenvalue weighted by atomic mass is 35.5. The minimum atomic E-state index is -0.737. The lowest BCUT2D eigenvalue weighted by atomic mass is 9.93. The third-order valence-corrected chi connectivity index (χ3v) is 7.31. The van der Waals surface area contributed by atoms with E-state index in [0.717, 1.165) is 11.1 Å². The Labute approximate surface area is 243 Å². The molecular formula is C30H30Cl2N4O4. The number of rotatable bonds is 7. The molecule has 3 atom stereocenters. The van der Waals surface area contributed by atoms with Crippen molar-refractivity contribution in [3.63, 3.8) is 0 Å². The van der Waals surface area contributed by atoms with E-state index in [-0.39, 0.29) is 18.0 Å². The lowest BCUT2D eigenvalue weighted by Gasteiger charge is -2.34. The Bertz CT molecular complexity index is 1440. The van der Waals surface area contributed by atoms with Crippen LogP contribution in [0.3, 0.4) is 0 Å². The molecule has 0 radical (unpaired) electrons. The summed E-state index contributed by atoms with van der Waals surface area (Å²) in [6, 6.07) is 18.1. The highest BCUT2D eigenvalue weighted by Crippen LogP contribution is 2.46. The highest BCUT2D eigenvalue weighted by Gasteiger charge is 2.45. The van der Waals surface area contributed by atoms with E-state index in [2.05, 4.69) is 10.6 Å². The molecule has 2 aliphatic rings. The van der Waals surface area contributed by atoms with Gasteiger partial charge in [0.05, 0.1) is 24.8 Å². The molecule has 3 aromatic carbocycles. The van der Waals surface area contributed by atoms with E-state index in [1.807, 2.05) is 56.3 Å². The number of amides is 3. The van der Waals surface area contributed by atoms with Crippen LogP contribution in [-0.4, -0.2) is 48.5 Å². The van der Waals surface area contributed by atoms with E-state index in [4.69, 9.17) is 37.7 Å². The maximum atomic E-state index is 14.4. The SMILES string of the molecule is COc1ccc(C2=N[C@@H](c3cccc(Cl)c3)[C@@H](c3ccc(Cl)cc3)N2C(=O)C2CCNC(=O)N2)c(OC(C)C)c1. The molecule has 208 valence electrons. The second-order valence-electron chi connectivity index (χ2n) is 9.93. The van der Waals surface area contributed by atoms with Crippen molar-refractivity contribution in [1.82, 2.24) is 15.5 Å². The molecule has 1 unspecified atom stereocenters. The van der Waals surface area contributed by atoms with E-state index in [1.54, 1.807) is 36.3 Å². The summed E-state index contributed by atoms with van der Waals surface area (Å²) in [6.07, 6.45) is 0.290. The van der Waals surface area contributed by atoms with Crippen LogP contribution in [0.5, 0.6) is 11.5 Å². The van der Waals surface area contributed by atoms with Crippen molar-refractivity contribution in [2.75, 3.05) is 13.7 Å². The van der Waals surface area contributed by atoms with Crippen molar-refractivity contribution >= 4 is 41.0 Å². The molecule has 10 heteroatoms. The lowest BCUT2D eigenvalue weighted by Crippen LogP contribution is -2.57. The zero-order valence-corrected chi connectivity index (χ0v) is 23.9. The monoisotopic (exact) mass is 580 g/mol. The fraction of sp³-hybridized carbons (Fsp3) is 0.300. The fourth-order valence-electron chi connectivity index (χ4n) is 5.05. The molecule has 3 amide bonds. The van der Waals surface area contributed by atoms with Gasteiger partial charge < -0.3 is 20.1 Å². The van der Waals surface area contributed by atoms with Gasteiger partial charge in [-0.1, -0.05) is 47.5 Å². The van der Waals surface area contributed by atoms with Crippen molar-refractivity contribution in [2.24, 2.45) is 4.99 Å². The summed E-state index contributed by atoms with van der Waals surface area (Å²) in [5, 5.41) is 6.64. The predicted octanol–water partition coefficient (Wildman–Crippen LogP) is 5.93. The Hall–Kier alpha value is -3.75. The van der Waals surface area contributed by atoms with Crippen LogP contribution in [0.15, 0.2) is 71.7 Å². The molecule has 0 spiro atoms. The number of nitrogens with one attached hydrogen (secondary N) is 2. The normalized spacial score (nSPS) is 20.6. The van der Waals surface area contributed by atoms with Crippen molar-refractivity contribution in [1.29, 1.82) is 0 Å². The number of nitrogens with zero attached hydrogens (tertiary/aromatic N) is 2. The Morgan fingerprint density at radius 2 is 1.80 bits per heavy atom. The van der Waals surface area contributed by atoms with Gasteiger partial charge in [0.1, 0.15) is 29.4 Å². The topological polar surface area (TPSA) is 92.3 Å². The Morgan fingerprint density at radius 1 is 1.02 bits per heavy atom. The molecule has 3 aromatic rings. The quantitative estimate of drug-likeness (QED) is 0.362. The Kier molecular flexibility index (Phi) is 8.19. The van der Waals surface area contributed by atoms with E-state index >= 15 is 0 Å². The maximum absolute atomic E-state index is 14.4. The number of hydrogen-bond acceptors (Lipinski definition) is 5. The van der Waals surface area contributed by atoms with Gasteiger partial charge in [0.2, 0.25) is 0 Å². The van der Waals surface area contributed by atoms with E-state index < -0.39 is 18.1 Å². The van der Waals surface area contributed by atoms with Gasteiger partial charge >= 0.3 is 6.03 Å². The molecule has 5 rings (SSSR count). The minimum absolute atomic E-state index is 0.142. The van der Waals surface area contributed by atoms with E-state index in [0.29, 0.717) is 45.9 Å². The number of aliphatic imine (C=N–C) groups is 1. The standard InChI is InChI=1S/C30H30Cl2N4O4/c1-17(2)40-25-16-22(39-3)11-12-23(25)28-35-26(19-5-4-6-21(32)15-19)27(18-7-9-20(31)10-8-18)36(28)29(37)24-13-14-33-30(38)34-24/h4-12,15-17,24,26-27H,13-14H2,1-3H3,(H2,33,34,38)/t24?,26-,27+/m0/s1. The van der Waals surface area contributed by atoms with Gasteiger partial charge in [-0.15, -0.1) is 0 Å². The van der Waals surface area contributed by atoms with E-state index in [1.165, 1.54) is 0 Å². The molecule has 0 saturated carbocycles. The van der Waals surface area contributed by atoms with Gasteiger partial charge in [-0.05, 0) is 67.8 Å². The molecule has 0 aromatic heterocycles. The molecule has 1 fully saturated rings. The summed E-state index contributed by atoms with van der Waals surface area (Å²) in [5.41, 5.74) is 2.31. The van der Waals surface area contributed by atoms with Crippen molar-refractivity contribution < 1.29 is 19.1 Å². The molecule has 2 N–H and O–H groups in total. The number of halogens is 2.